The Morgan fingerprint density at radius 3 is 2.60 bits per heavy atom. The second-order valence-corrected chi connectivity index (χ2v) is 4.69. The molecule has 0 bridgehead atoms. The number of aliphatic hydroxyl groups excluding tert-OH is 1. The molecule has 0 saturated carbocycles. The summed E-state index contributed by atoms with van der Waals surface area (Å²) in [6.07, 6.45) is 0.757. The van der Waals surface area contributed by atoms with E-state index in [0.29, 0.717) is 6.54 Å². The van der Waals surface area contributed by atoms with Crippen LogP contribution in [-0.4, -0.2) is 37.9 Å². The Morgan fingerprint density at radius 2 is 2.13 bits per heavy atom. The van der Waals surface area contributed by atoms with Gasteiger partial charge in [0.15, 0.2) is 0 Å². The van der Waals surface area contributed by atoms with Crippen LogP contribution in [0.3, 0.4) is 0 Å². The van der Waals surface area contributed by atoms with Gasteiger partial charge in [0, 0.05) is 19.7 Å². The summed E-state index contributed by atoms with van der Waals surface area (Å²) in [7, 11) is 1.40. The maximum atomic E-state index is 11.1. The number of esters is 1. The van der Waals surface area contributed by atoms with Crippen LogP contribution in [-0.2, 0) is 9.53 Å². The van der Waals surface area contributed by atoms with Crippen LogP contribution in [0, 0.1) is 11.3 Å². The van der Waals surface area contributed by atoms with E-state index in [1.54, 1.807) is 0 Å². The lowest BCUT2D eigenvalue weighted by Gasteiger charge is -2.24. The molecular formula is C11H23NO3. The van der Waals surface area contributed by atoms with Crippen LogP contribution in [0.2, 0.25) is 0 Å². The highest BCUT2D eigenvalue weighted by atomic mass is 16.5. The lowest BCUT2D eigenvalue weighted by atomic mass is 9.89. The van der Waals surface area contributed by atoms with E-state index in [4.69, 9.17) is 5.11 Å². The van der Waals surface area contributed by atoms with Gasteiger partial charge in [-0.05, 0) is 11.8 Å². The van der Waals surface area contributed by atoms with Gasteiger partial charge in [-0.1, -0.05) is 20.8 Å². The Morgan fingerprint density at radius 1 is 1.53 bits per heavy atom. The molecule has 0 radical (unpaired) electrons. The van der Waals surface area contributed by atoms with E-state index in [0.717, 1.165) is 13.0 Å². The number of aliphatic hydroxyl groups is 1. The molecule has 90 valence electrons. The van der Waals surface area contributed by atoms with Gasteiger partial charge >= 0.3 is 5.97 Å². The maximum absolute atomic E-state index is 11.1. The van der Waals surface area contributed by atoms with Gasteiger partial charge in [0.2, 0.25) is 0 Å². The SMILES string of the molecule is COC(=O)C(C)CNCC(C)(C)CCO. The summed E-state index contributed by atoms with van der Waals surface area (Å²) in [5.41, 5.74) is 0.0601. The molecule has 1 unspecified atom stereocenters. The zero-order chi connectivity index (χ0) is 11.9. The van der Waals surface area contributed by atoms with Crippen LogP contribution in [0.25, 0.3) is 0 Å². The van der Waals surface area contributed by atoms with Crippen LogP contribution in [0.5, 0.6) is 0 Å². The van der Waals surface area contributed by atoms with E-state index in [2.05, 4.69) is 23.9 Å². The van der Waals surface area contributed by atoms with Crippen molar-refractivity contribution in [3.63, 3.8) is 0 Å². The Bertz CT molecular complexity index is 192. The molecule has 4 heteroatoms. The molecule has 4 nitrogen and oxygen atoms in total. The number of rotatable bonds is 7. The summed E-state index contributed by atoms with van der Waals surface area (Å²) < 4.78 is 4.62. The molecule has 0 fully saturated rings. The fourth-order valence-electron chi connectivity index (χ4n) is 1.30. The molecule has 2 N–H and O–H groups in total. The summed E-state index contributed by atoms with van der Waals surface area (Å²) in [6.45, 7) is 7.59. The van der Waals surface area contributed by atoms with E-state index >= 15 is 0 Å². The molecule has 0 aromatic carbocycles. The third kappa shape index (κ3) is 6.47. The van der Waals surface area contributed by atoms with E-state index in [9.17, 15) is 4.79 Å². The van der Waals surface area contributed by atoms with Gasteiger partial charge in [-0.25, -0.2) is 0 Å². The number of nitrogens with one attached hydrogen (secondary N) is 1. The van der Waals surface area contributed by atoms with Gasteiger partial charge in [0.25, 0.3) is 0 Å². The summed E-state index contributed by atoms with van der Waals surface area (Å²) >= 11 is 0. The van der Waals surface area contributed by atoms with E-state index < -0.39 is 0 Å². The Labute approximate surface area is 92.0 Å². The lowest BCUT2D eigenvalue weighted by Crippen LogP contribution is -2.35. The van der Waals surface area contributed by atoms with Crippen molar-refractivity contribution in [3.8, 4) is 0 Å². The van der Waals surface area contributed by atoms with Crippen LogP contribution in [0.4, 0.5) is 0 Å². The molecule has 0 aliphatic rings. The quantitative estimate of drug-likeness (QED) is 0.619. The minimum atomic E-state index is -0.192. The predicted molar refractivity (Wildman–Crippen MR) is 59.5 cm³/mol. The fraction of sp³-hybridized carbons (Fsp3) is 0.909. The Balaban J connectivity index is 3.73. The normalized spacial score (nSPS) is 13.7. The molecule has 0 aromatic heterocycles. The first-order valence-corrected chi connectivity index (χ1v) is 5.32. The fourth-order valence-corrected chi connectivity index (χ4v) is 1.30. The largest absolute Gasteiger partial charge is 0.469 e. The van der Waals surface area contributed by atoms with Gasteiger partial charge < -0.3 is 15.2 Å². The molecule has 0 heterocycles. The van der Waals surface area contributed by atoms with Gasteiger partial charge in [-0.15, -0.1) is 0 Å². The molecule has 0 aliphatic carbocycles. The first-order valence-electron chi connectivity index (χ1n) is 5.32. The number of ether oxygens (including phenoxy) is 1. The summed E-state index contributed by atoms with van der Waals surface area (Å²) in [5, 5.41) is 12.0. The van der Waals surface area contributed by atoms with Crippen LogP contribution in [0.15, 0.2) is 0 Å². The van der Waals surface area contributed by atoms with Crippen molar-refractivity contribution in [3.05, 3.63) is 0 Å². The molecule has 0 saturated heterocycles. The number of carbonyl (C=O) groups excluding carboxylic acids is 1. The minimum absolute atomic E-state index is 0.0601. The standard InChI is InChI=1S/C11H23NO3/c1-9(10(14)15-4)7-12-8-11(2,3)5-6-13/h9,12-13H,5-8H2,1-4H3. The molecule has 0 aromatic rings. The third-order valence-corrected chi connectivity index (χ3v) is 2.45. The monoisotopic (exact) mass is 217 g/mol. The molecule has 0 amide bonds. The van der Waals surface area contributed by atoms with E-state index in [-0.39, 0.29) is 23.9 Å². The summed E-state index contributed by atoms with van der Waals surface area (Å²) in [6, 6.07) is 0. The molecule has 0 rings (SSSR count). The second kappa shape index (κ2) is 6.80. The van der Waals surface area contributed by atoms with E-state index in [1.165, 1.54) is 7.11 Å². The first-order chi connectivity index (χ1) is 6.93. The Hall–Kier alpha value is -0.610. The molecular weight excluding hydrogens is 194 g/mol. The average molecular weight is 217 g/mol. The zero-order valence-corrected chi connectivity index (χ0v) is 10.2. The van der Waals surface area contributed by atoms with E-state index in [1.807, 2.05) is 6.92 Å². The number of hydrogen-bond donors (Lipinski definition) is 2. The van der Waals surface area contributed by atoms with Gasteiger partial charge in [0.05, 0.1) is 13.0 Å². The first kappa shape index (κ1) is 14.4. The highest BCUT2D eigenvalue weighted by Gasteiger charge is 2.18. The lowest BCUT2D eigenvalue weighted by molar-refractivity contribution is -0.144. The highest BCUT2D eigenvalue weighted by Crippen LogP contribution is 2.17. The topological polar surface area (TPSA) is 58.6 Å². The predicted octanol–water partition coefficient (Wildman–Crippen LogP) is 0.794. The van der Waals surface area contributed by atoms with Gasteiger partial charge in [-0.2, -0.15) is 0 Å². The van der Waals surface area contributed by atoms with Crippen LogP contribution in [0.1, 0.15) is 27.2 Å². The summed E-state index contributed by atoms with van der Waals surface area (Å²) in [4.78, 5) is 11.1. The number of methoxy groups -OCH3 is 1. The highest BCUT2D eigenvalue weighted by molar-refractivity contribution is 5.71. The van der Waals surface area contributed by atoms with Crippen molar-refractivity contribution in [1.82, 2.24) is 5.32 Å². The van der Waals surface area contributed by atoms with Gasteiger partial charge in [-0.3, -0.25) is 4.79 Å². The van der Waals surface area contributed by atoms with Crippen LogP contribution >= 0.6 is 0 Å². The van der Waals surface area contributed by atoms with Crippen molar-refractivity contribution >= 4 is 5.97 Å². The number of hydrogen-bond acceptors (Lipinski definition) is 4. The number of carbonyl (C=O) groups is 1. The second-order valence-electron chi connectivity index (χ2n) is 4.69. The minimum Gasteiger partial charge on any atom is -0.469 e. The Kier molecular flexibility index (Phi) is 6.52. The van der Waals surface area contributed by atoms with Crippen molar-refractivity contribution < 1.29 is 14.6 Å². The molecule has 0 spiro atoms. The maximum Gasteiger partial charge on any atom is 0.309 e. The molecule has 1 atom stereocenters. The molecule has 0 aliphatic heterocycles. The van der Waals surface area contributed by atoms with Crippen molar-refractivity contribution in [2.24, 2.45) is 11.3 Å². The van der Waals surface area contributed by atoms with Crippen molar-refractivity contribution in [2.45, 2.75) is 27.2 Å². The zero-order valence-electron chi connectivity index (χ0n) is 10.2. The van der Waals surface area contributed by atoms with Crippen LogP contribution < -0.4 is 5.32 Å². The van der Waals surface area contributed by atoms with Crippen molar-refractivity contribution in [1.29, 1.82) is 0 Å². The summed E-state index contributed by atoms with van der Waals surface area (Å²) in [5.74, 6) is -0.317. The van der Waals surface area contributed by atoms with Crippen molar-refractivity contribution in [2.75, 3.05) is 26.8 Å². The van der Waals surface area contributed by atoms with Gasteiger partial charge in [0.1, 0.15) is 0 Å². The average Bonchev–Trinajstić information content (AvgIpc) is 2.15. The third-order valence-electron chi connectivity index (χ3n) is 2.45. The smallest absolute Gasteiger partial charge is 0.309 e. The molecule has 15 heavy (non-hydrogen) atoms.